The van der Waals surface area contributed by atoms with Crippen molar-refractivity contribution in [3.63, 3.8) is 0 Å². The van der Waals surface area contributed by atoms with Crippen LogP contribution in [0.25, 0.3) is 0 Å². The molecule has 0 saturated heterocycles. The van der Waals surface area contributed by atoms with Gasteiger partial charge in [0.05, 0.1) is 0 Å². The highest BCUT2D eigenvalue weighted by atomic mass is 15.2. The van der Waals surface area contributed by atoms with Crippen LogP contribution in [0, 0.1) is 11.8 Å². The Kier molecular flexibility index (Phi) is 7.01. The molecule has 0 bridgehead atoms. The van der Waals surface area contributed by atoms with Gasteiger partial charge in [-0.15, -0.1) is 0 Å². The van der Waals surface area contributed by atoms with Gasteiger partial charge in [-0.2, -0.15) is 0 Å². The van der Waals surface area contributed by atoms with Gasteiger partial charge < -0.3 is 5.73 Å². The van der Waals surface area contributed by atoms with Gasteiger partial charge in [0.15, 0.2) is 0 Å². The van der Waals surface area contributed by atoms with Gasteiger partial charge in [-0.1, -0.05) is 51.9 Å². The molecule has 2 aliphatic carbocycles. The van der Waals surface area contributed by atoms with E-state index in [2.05, 4.69) is 18.9 Å². The van der Waals surface area contributed by atoms with Crippen molar-refractivity contribution in [2.75, 3.05) is 20.1 Å². The molecule has 2 rings (SSSR count). The minimum absolute atomic E-state index is 0.305. The molecule has 0 aliphatic heterocycles. The first kappa shape index (κ1) is 17.3. The molecule has 0 spiro atoms. The lowest BCUT2D eigenvalue weighted by molar-refractivity contribution is 0.0797. The van der Waals surface area contributed by atoms with E-state index in [9.17, 15) is 0 Å². The molecule has 2 unspecified atom stereocenters. The molecule has 2 saturated carbocycles. The average molecular weight is 295 g/mol. The Hall–Kier alpha value is -0.0800. The first-order valence-corrected chi connectivity index (χ1v) is 9.61. The number of hydrogen-bond donors (Lipinski definition) is 1. The fourth-order valence-electron chi connectivity index (χ4n) is 4.85. The van der Waals surface area contributed by atoms with Crippen molar-refractivity contribution in [3.8, 4) is 0 Å². The van der Waals surface area contributed by atoms with Gasteiger partial charge in [-0.3, -0.25) is 4.90 Å². The Morgan fingerprint density at radius 1 is 0.952 bits per heavy atom. The first-order valence-electron chi connectivity index (χ1n) is 9.61. The number of nitrogens with zero attached hydrogens (tertiary/aromatic N) is 1. The molecular weight excluding hydrogens is 256 g/mol. The third kappa shape index (κ3) is 4.69. The van der Waals surface area contributed by atoms with Crippen LogP contribution in [-0.2, 0) is 0 Å². The van der Waals surface area contributed by atoms with E-state index in [1.807, 2.05) is 0 Å². The maximum absolute atomic E-state index is 6.29. The molecule has 2 nitrogen and oxygen atoms in total. The molecule has 2 fully saturated rings. The van der Waals surface area contributed by atoms with Crippen molar-refractivity contribution in [3.05, 3.63) is 0 Å². The summed E-state index contributed by atoms with van der Waals surface area (Å²) < 4.78 is 0. The lowest BCUT2D eigenvalue weighted by Gasteiger charge is -2.43. The summed E-state index contributed by atoms with van der Waals surface area (Å²) >= 11 is 0. The molecule has 2 aliphatic rings. The average Bonchev–Trinajstić information content (AvgIpc) is 2.72. The predicted molar refractivity (Wildman–Crippen MR) is 92.5 cm³/mol. The summed E-state index contributed by atoms with van der Waals surface area (Å²) in [6, 6.07) is 0. The highest BCUT2D eigenvalue weighted by Gasteiger charge is 2.36. The number of hydrogen-bond acceptors (Lipinski definition) is 2. The van der Waals surface area contributed by atoms with E-state index in [1.165, 1.54) is 83.6 Å². The summed E-state index contributed by atoms with van der Waals surface area (Å²) in [6.45, 7) is 4.47. The molecular formula is C19H38N2. The largest absolute Gasteiger partial charge is 0.329 e. The molecule has 2 atom stereocenters. The van der Waals surface area contributed by atoms with Crippen LogP contribution >= 0.6 is 0 Å². The number of nitrogens with two attached hydrogens (primary N) is 1. The zero-order valence-corrected chi connectivity index (χ0v) is 14.6. The van der Waals surface area contributed by atoms with Gasteiger partial charge in [-0.05, 0) is 51.0 Å². The zero-order chi connectivity index (χ0) is 15.1. The summed E-state index contributed by atoms with van der Waals surface area (Å²) in [5.41, 5.74) is 6.60. The second kappa shape index (κ2) is 8.53. The van der Waals surface area contributed by atoms with Crippen LogP contribution in [-0.4, -0.2) is 30.6 Å². The molecule has 2 heteroatoms. The Bertz CT molecular complexity index is 285. The second-order valence-electron chi connectivity index (χ2n) is 7.90. The van der Waals surface area contributed by atoms with Crippen molar-refractivity contribution in [2.45, 2.75) is 89.5 Å². The Morgan fingerprint density at radius 3 is 2.33 bits per heavy atom. The highest BCUT2D eigenvalue weighted by Crippen LogP contribution is 2.36. The highest BCUT2D eigenvalue weighted by molar-refractivity contribution is 4.94. The maximum atomic E-state index is 6.29. The van der Waals surface area contributed by atoms with E-state index < -0.39 is 0 Å². The molecule has 0 aromatic heterocycles. The fraction of sp³-hybridized carbons (Fsp3) is 1.00. The van der Waals surface area contributed by atoms with E-state index in [0.717, 1.165) is 18.4 Å². The number of rotatable bonds is 6. The van der Waals surface area contributed by atoms with Crippen LogP contribution in [0.5, 0.6) is 0 Å². The molecule has 0 aromatic rings. The van der Waals surface area contributed by atoms with Gasteiger partial charge in [0.25, 0.3) is 0 Å². The van der Waals surface area contributed by atoms with Crippen LogP contribution in [0.1, 0.15) is 84.0 Å². The Balaban J connectivity index is 1.92. The molecule has 0 radical (unpaired) electrons. The summed E-state index contributed by atoms with van der Waals surface area (Å²) in [7, 11) is 2.36. The Labute approximate surface area is 132 Å². The van der Waals surface area contributed by atoms with Crippen LogP contribution in [0.4, 0.5) is 0 Å². The van der Waals surface area contributed by atoms with Crippen LogP contribution in [0.15, 0.2) is 0 Å². The van der Waals surface area contributed by atoms with Crippen molar-refractivity contribution in [1.82, 2.24) is 4.90 Å². The zero-order valence-electron chi connectivity index (χ0n) is 14.6. The molecule has 124 valence electrons. The molecule has 2 N–H and O–H groups in total. The first-order chi connectivity index (χ1) is 10.2. The topological polar surface area (TPSA) is 29.3 Å². The van der Waals surface area contributed by atoms with Crippen LogP contribution < -0.4 is 5.73 Å². The summed E-state index contributed by atoms with van der Waals surface area (Å²) in [5, 5.41) is 0. The minimum Gasteiger partial charge on any atom is -0.329 e. The van der Waals surface area contributed by atoms with E-state index in [0.29, 0.717) is 5.54 Å². The quantitative estimate of drug-likeness (QED) is 0.727. The van der Waals surface area contributed by atoms with Crippen LogP contribution in [0.3, 0.4) is 0 Å². The summed E-state index contributed by atoms with van der Waals surface area (Å²) in [5.74, 6) is 1.90. The summed E-state index contributed by atoms with van der Waals surface area (Å²) in [6.07, 6.45) is 16.9. The third-order valence-electron chi connectivity index (χ3n) is 6.42. The van der Waals surface area contributed by atoms with Crippen molar-refractivity contribution < 1.29 is 0 Å². The fourth-order valence-corrected chi connectivity index (χ4v) is 4.85. The third-order valence-corrected chi connectivity index (χ3v) is 6.42. The van der Waals surface area contributed by atoms with Crippen molar-refractivity contribution in [2.24, 2.45) is 17.6 Å². The van der Waals surface area contributed by atoms with Crippen molar-refractivity contribution >= 4 is 0 Å². The van der Waals surface area contributed by atoms with Crippen LogP contribution in [0.2, 0.25) is 0 Å². The van der Waals surface area contributed by atoms with E-state index in [4.69, 9.17) is 5.73 Å². The summed E-state index contributed by atoms with van der Waals surface area (Å²) in [4.78, 5) is 2.68. The monoisotopic (exact) mass is 294 g/mol. The molecule has 0 heterocycles. The molecule has 0 aromatic carbocycles. The minimum atomic E-state index is 0.305. The van der Waals surface area contributed by atoms with Gasteiger partial charge in [0, 0.05) is 18.6 Å². The Morgan fingerprint density at radius 2 is 1.67 bits per heavy atom. The lowest BCUT2D eigenvalue weighted by atomic mass is 9.84. The van der Waals surface area contributed by atoms with Crippen molar-refractivity contribution in [1.29, 1.82) is 0 Å². The standard InChI is InChI=1S/C19H38N2/c1-3-8-17-11-7-13-19(16-20,14-12-17)21(2)15-18-9-5-4-6-10-18/h17-18H,3-16,20H2,1-2H3. The van der Waals surface area contributed by atoms with Gasteiger partial charge in [-0.25, -0.2) is 0 Å². The van der Waals surface area contributed by atoms with Gasteiger partial charge in [0.1, 0.15) is 0 Å². The lowest BCUT2D eigenvalue weighted by Crippen LogP contribution is -2.53. The molecule has 21 heavy (non-hydrogen) atoms. The van der Waals surface area contributed by atoms with E-state index in [1.54, 1.807) is 0 Å². The van der Waals surface area contributed by atoms with Gasteiger partial charge >= 0.3 is 0 Å². The second-order valence-corrected chi connectivity index (χ2v) is 7.90. The smallest absolute Gasteiger partial charge is 0.0328 e. The predicted octanol–water partition coefficient (Wildman–Crippen LogP) is 4.58. The maximum Gasteiger partial charge on any atom is 0.0328 e. The normalized spacial score (nSPS) is 32.3. The number of likely N-dealkylation sites (N-methyl/N-ethyl adjacent to an activating group) is 1. The molecule has 0 amide bonds. The van der Waals surface area contributed by atoms with E-state index >= 15 is 0 Å². The SMILES string of the molecule is CCCC1CCCC(CN)(N(C)CC2CCCCC2)CC1. The van der Waals surface area contributed by atoms with Gasteiger partial charge in [0.2, 0.25) is 0 Å². The van der Waals surface area contributed by atoms with E-state index in [-0.39, 0.29) is 0 Å².